The first-order chi connectivity index (χ1) is 16.9. The van der Waals surface area contributed by atoms with Crippen molar-refractivity contribution in [1.29, 1.82) is 0 Å². The van der Waals surface area contributed by atoms with Crippen molar-refractivity contribution in [2.75, 3.05) is 4.90 Å². The fourth-order valence-electron chi connectivity index (χ4n) is 4.69. The second kappa shape index (κ2) is 8.08. The summed E-state index contributed by atoms with van der Waals surface area (Å²) in [6.45, 7) is 1.93. The Kier molecular flexibility index (Phi) is 4.98. The maximum Gasteiger partial charge on any atom is 0.288 e. The minimum Gasteiger partial charge on any atom is -0.314 e. The average Bonchev–Trinajstić information content (AvgIpc) is 3.19. The van der Waals surface area contributed by atoms with Crippen LogP contribution in [0.4, 0.5) is 17.2 Å². The number of aryl methyl sites for hydroxylation is 1. The van der Waals surface area contributed by atoms with E-state index < -0.39 is 11.0 Å². The maximum absolute atomic E-state index is 11.7. The Bertz CT molecular complexity index is 1570. The lowest BCUT2D eigenvalue weighted by Gasteiger charge is -2.39. The van der Waals surface area contributed by atoms with Gasteiger partial charge in [-0.3, -0.25) is 10.1 Å². The first-order valence-corrected chi connectivity index (χ1v) is 11.6. The van der Waals surface area contributed by atoms with Crippen LogP contribution in [0.15, 0.2) is 77.8 Å². The smallest absolute Gasteiger partial charge is 0.288 e. The number of halogens is 2. The first kappa shape index (κ1) is 21.6. The molecule has 3 aromatic carbocycles. The predicted octanol–water partition coefficient (Wildman–Crippen LogP) is 7.06. The van der Waals surface area contributed by atoms with E-state index in [2.05, 4.69) is 4.90 Å². The van der Waals surface area contributed by atoms with Gasteiger partial charge in [0.1, 0.15) is 10.9 Å². The van der Waals surface area contributed by atoms with E-state index in [0.717, 1.165) is 33.8 Å². The number of nitro benzene ring substituents is 1. The first-order valence-electron chi connectivity index (χ1n) is 10.9. The van der Waals surface area contributed by atoms with E-state index >= 15 is 0 Å². The summed E-state index contributed by atoms with van der Waals surface area (Å²) >= 11 is 12.3. The molecule has 2 aliphatic heterocycles. The van der Waals surface area contributed by atoms with Crippen LogP contribution in [0.5, 0.6) is 0 Å². The highest BCUT2D eigenvalue weighted by Crippen LogP contribution is 2.47. The molecule has 0 saturated heterocycles. The molecule has 1 atom stereocenters. The summed E-state index contributed by atoms with van der Waals surface area (Å²) in [6.07, 6.45) is 3.98. The van der Waals surface area contributed by atoms with Crippen molar-refractivity contribution in [1.82, 2.24) is 9.78 Å². The Labute approximate surface area is 210 Å². The van der Waals surface area contributed by atoms with Crippen molar-refractivity contribution < 1.29 is 4.92 Å². The fourth-order valence-corrected chi connectivity index (χ4v) is 5.00. The summed E-state index contributed by atoms with van der Waals surface area (Å²) < 4.78 is 1.79. The molecule has 3 heterocycles. The van der Waals surface area contributed by atoms with Crippen molar-refractivity contribution in [2.24, 2.45) is 4.99 Å². The molecule has 2 aliphatic rings. The normalized spacial score (nSPS) is 15.8. The summed E-state index contributed by atoms with van der Waals surface area (Å²) in [5.74, 6) is 1.39. The van der Waals surface area contributed by atoms with E-state index in [4.69, 9.17) is 33.3 Å². The zero-order chi connectivity index (χ0) is 24.3. The molecule has 0 spiro atoms. The van der Waals surface area contributed by atoms with Crippen molar-refractivity contribution in [2.45, 2.75) is 13.0 Å². The maximum atomic E-state index is 11.7. The molecule has 0 bridgehead atoms. The van der Waals surface area contributed by atoms with Gasteiger partial charge in [0.2, 0.25) is 0 Å². The zero-order valence-electron chi connectivity index (χ0n) is 18.4. The van der Waals surface area contributed by atoms with Crippen molar-refractivity contribution in [3.8, 4) is 5.69 Å². The number of nitrogens with zero attached hydrogens (tertiary/aromatic N) is 5. The quantitative estimate of drug-likeness (QED) is 0.222. The summed E-state index contributed by atoms with van der Waals surface area (Å²) in [6, 6.07) is 19.9. The minimum absolute atomic E-state index is 0.0937. The number of amidine groups is 1. The summed E-state index contributed by atoms with van der Waals surface area (Å²) in [4.78, 5) is 18.4. The predicted molar refractivity (Wildman–Crippen MR) is 138 cm³/mol. The highest BCUT2D eigenvalue weighted by molar-refractivity contribution is 6.32. The molecule has 4 aromatic rings. The monoisotopic (exact) mass is 501 g/mol. The van der Waals surface area contributed by atoms with Gasteiger partial charge < -0.3 is 4.90 Å². The SMILES string of the molecule is Cc1nn(-c2ccc(Cl)cc2)c2c1[C@H](c1ccc(Cl)c([N+](=O)[O-])c1)N1C(=N2)C=Cc2ccccc21. The minimum atomic E-state index is -0.460. The summed E-state index contributed by atoms with van der Waals surface area (Å²) in [7, 11) is 0. The molecule has 0 N–H and O–H groups in total. The molecule has 0 fully saturated rings. The largest absolute Gasteiger partial charge is 0.314 e. The van der Waals surface area contributed by atoms with E-state index in [-0.39, 0.29) is 10.7 Å². The van der Waals surface area contributed by atoms with Crippen LogP contribution >= 0.6 is 23.2 Å². The number of para-hydroxylation sites is 1. The van der Waals surface area contributed by atoms with Crippen LogP contribution in [-0.4, -0.2) is 20.5 Å². The van der Waals surface area contributed by atoms with E-state index in [0.29, 0.717) is 16.7 Å². The van der Waals surface area contributed by atoms with Gasteiger partial charge in [-0.15, -0.1) is 0 Å². The highest BCUT2D eigenvalue weighted by atomic mass is 35.5. The molecule has 7 nitrogen and oxygen atoms in total. The van der Waals surface area contributed by atoms with Gasteiger partial charge in [-0.2, -0.15) is 5.10 Å². The molecule has 0 radical (unpaired) electrons. The lowest BCUT2D eigenvalue weighted by molar-refractivity contribution is -0.384. The molecule has 0 amide bonds. The van der Waals surface area contributed by atoms with Crippen LogP contribution < -0.4 is 4.90 Å². The molecule has 0 unspecified atom stereocenters. The van der Waals surface area contributed by atoms with E-state index in [1.54, 1.807) is 28.9 Å². The van der Waals surface area contributed by atoms with Crippen LogP contribution in [-0.2, 0) is 0 Å². The third-order valence-electron chi connectivity index (χ3n) is 6.24. The van der Waals surface area contributed by atoms with Crippen molar-refractivity contribution in [3.63, 3.8) is 0 Å². The molecule has 1 aromatic heterocycles. The second-order valence-corrected chi connectivity index (χ2v) is 9.16. The van der Waals surface area contributed by atoms with Crippen molar-refractivity contribution >= 4 is 52.3 Å². The molecule has 35 heavy (non-hydrogen) atoms. The fraction of sp³-hybridized carbons (Fsp3) is 0.0769. The third kappa shape index (κ3) is 3.43. The van der Waals surface area contributed by atoms with Gasteiger partial charge >= 0.3 is 0 Å². The molecule has 0 aliphatic carbocycles. The van der Waals surface area contributed by atoms with E-state index in [1.165, 1.54) is 0 Å². The van der Waals surface area contributed by atoms with Gasteiger partial charge in [-0.1, -0.05) is 47.5 Å². The Morgan fingerprint density at radius 2 is 1.77 bits per heavy atom. The van der Waals surface area contributed by atoms with Crippen molar-refractivity contribution in [3.05, 3.63) is 115 Å². The number of aliphatic imine (C=N–C) groups is 1. The standard InChI is InChI=1S/C26H17Cl2N5O2/c1-15-24-25(17-6-12-20(28)22(14-17)33(34)35)31-21-5-3-2-4-16(21)7-13-23(31)29-26(24)32(30-15)19-10-8-18(27)9-11-19/h2-14,25H,1H3/t25-/m0/s1. The highest BCUT2D eigenvalue weighted by Gasteiger charge is 2.38. The van der Waals surface area contributed by atoms with Crippen LogP contribution in [0.3, 0.4) is 0 Å². The van der Waals surface area contributed by atoms with Gasteiger partial charge in [0.05, 0.1) is 28.0 Å². The Balaban J connectivity index is 1.64. The number of rotatable bonds is 3. The van der Waals surface area contributed by atoms with E-state index in [9.17, 15) is 10.1 Å². The van der Waals surface area contributed by atoms with Gasteiger partial charge in [-0.25, -0.2) is 9.67 Å². The Morgan fingerprint density at radius 3 is 2.54 bits per heavy atom. The number of hydrogen-bond donors (Lipinski definition) is 0. The third-order valence-corrected chi connectivity index (χ3v) is 6.81. The number of anilines is 1. The topological polar surface area (TPSA) is 76.6 Å². The van der Waals surface area contributed by atoms with Gasteiger partial charge in [-0.05, 0) is 66.6 Å². The number of benzene rings is 3. The zero-order valence-corrected chi connectivity index (χ0v) is 19.9. The summed E-state index contributed by atoms with van der Waals surface area (Å²) in [5.41, 5.74) is 5.03. The van der Waals surface area contributed by atoms with Crippen LogP contribution in [0, 0.1) is 17.0 Å². The molecule has 0 saturated carbocycles. The number of nitro groups is 1. The Morgan fingerprint density at radius 1 is 1.00 bits per heavy atom. The number of hydrogen-bond acceptors (Lipinski definition) is 5. The molecule has 6 rings (SSSR count). The van der Waals surface area contributed by atoms with Gasteiger partial charge in [0, 0.05) is 16.7 Å². The Hall–Kier alpha value is -3.94. The van der Waals surface area contributed by atoms with Crippen LogP contribution in [0.1, 0.15) is 28.4 Å². The van der Waals surface area contributed by atoms with E-state index in [1.807, 2.05) is 61.5 Å². The van der Waals surface area contributed by atoms with Gasteiger partial charge in [0.25, 0.3) is 5.69 Å². The van der Waals surface area contributed by atoms with Crippen LogP contribution in [0.25, 0.3) is 11.8 Å². The summed E-state index contributed by atoms with van der Waals surface area (Å²) in [5, 5.41) is 17.2. The molecule has 9 heteroatoms. The lowest BCUT2D eigenvalue weighted by atomic mass is 9.92. The van der Waals surface area contributed by atoms with Gasteiger partial charge in [0.15, 0.2) is 5.82 Å². The van der Waals surface area contributed by atoms with Crippen LogP contribution in [0.2, 0.25) is 10.0 Å². The number of fused-ring (bicyclic) bond motifs is 4. The number of aromatic nitrogens is 2. The lowest BCUT2D eigenvalue weighted by Crippen LogP contribution is -2.38. The molecular weight excluding hydrogens is 485 g/mol. The average molecular weight is 502 g/mol. The second-order valence-electron chi connectivity index (χ2n) is 8.31. The molecular formula is C26H17Cl2N5O2. The molecule has 172 valence electrons.